The van der Waals surface area contributed by atoms with Crippen molar-refractivity contribution >= 4 is 18.5 Å². The summed E-state index contributed by atoms with van der Waals surface area (Å²) in [6.45, 7) is 0.479. The van der Waals surface area contributed by atoms with E-state index >= 15 is 0 Å². The fourth-order valence-corrected chi connectivity index (χ4v) is 2.09. The number of benzene rings is 2. The normalized spacial score (nSPS) is 10.2. The van der Waals surface area contributed by atoms with Crippen LogP contribution in [0.3, 0.4) is 0 Å². The molecule has 2 N–H and O–H groups in total. The van der Waals surface area contributed by atoms with Gasteiger partial charge in [-0.1, -0.05) is 24.3 Å². The summed E-state index contributed by atoms with van der Waals surface area (Å²) in [6, 6.07) is 13.7. The van der Waals surface area contributed by atoms with Crippen LogP contribution in [-0.2, 0) is 6.54 Å². The molecule has 0 atom stereocenters. The maximum Gasteiger partial charge on any atom is 0.488 e. The summed E-state index contributed by atoms with van der Waals surface area (Å²) < 4.78 is 5.10. The van der Waals surface area contributed by atoms with Gasteiger partial charge in [-0.2, -0.15) is 0 Å². The highest BCUT2D eigenvalue weighted by atomic mass is 16.5. The van der Waals surface area contributed by atoms with Gasteiger partial charge in [-0.25, -0.2) is 0 Å². The molecule has 5 nitrogen and oxygen atoms in total. The lowest BCUT2D eigenvalue weighted by Gasteiger charge is -2.17. The number of carbonyl (C=O) groups excluding carboxylic acids is 1. The molecule has 0 radical (unpaired) electrons. The molecule has 0 saturated heterocycles. The van der Waals surface area contributed by atoms with Crippen molar-refractivity contribution < 1.29 is 19.6 Å². The number of carbonyl (C=O) groups is 1. The summed E-state index contributed by atoms with van der Waals surface area (Å²) >= 11 is 0. The summed E-state index contributed by atoms with van der Waals surface area (Å²) in [7, 11) is 1.81. The van der Waals surface area contributed by atoms with Crippen molar-refractivity contribution in [2.45, 2.75) is 6.54 Å². The van der Waals surface area contributed by atoms with E-state index in [1.165, 1.54) is 12.1 Å². The maximum absolute atomic E-state index is 12.3. The van der Waals surface area contributed by atoms with E-state index in [1.54, 1.807) is 31.2 Å². The van der Waals surface area contributed by atoms with Gasteiger partial charge in [-0.15, -0.1) is 0 Å². The van der Waals surface area contributed by atoms with E-state index in [4.69, 9.17) is 14.8 Å². The third kappa shape index (κ3) is 3.87. The van der Waals surface area contributed by atoms with Crippen molar-refractivity contribution in [2.24, 2.45) is 0 Å². The third-order valence-corrected chi connectivity index (χ3v) is 3.38. The summed E-state index contributed by atoms with van der Waals surface area (Å²) in [6.07, 6.45) is 0. The zero-order chi connectivity index (χ0) is 16.1. The van der Waals surface area contributed by atoms with E-state index in [9.17, 15) is 4.79 Å². The second-order valence-corrected chi connectivity index (χ2v) is 5.00. The highest BCUT2D eigenvalue weighted by molar-refractivity contribution is 6.58. The minimum absolute atomic E-state index is 0.130. The quantitative estimate of drug-likeness (QED) is 0.795. The van der Waals surface area contributed by atoms with E-state index in [-0.39, 0.29) is 5.91 Å². The second kappa shape index (κ2) is 7.11. The summed E-state index contributed by atoms with van der Waals surface area (Å²) in [5, 5.41) is 18.1. The van der Waals surface area contributed by atoms with E-state index in [2.05, 4.69) is 0 Å². The zero-order valence-corrected chi connectivity index (χ0v) is 12.6. The molecular formula is C16H18BNO4. The Balaban J connectivity index is 2.04. The molecule has 0 spiro atoms. The molecule has 114 valence electrons. The maximum atomic E-state index is 12.3. The van der Waals surface area contributed by atoms with Gasteiger partial charge in [-0.05, 0) is 35.3 Å². The van der Waals surface area contributed by atoms with Crippen LogP contribution < -0.4 is 10.2 Å². The van der Waals surface area contributed by atoms with Gasteiger partial charge in [0.2, 0.25) is 0 Å². The first-order chi connectivity index (χ1) is 10.5. The molecule has 0 bridgehead atoms. The van der Waals surface area contributed by atoms with Gasteiger partial charge in [-0.3, -0.25) is 4.79 Å². The highest BCUT2D eigenvalue weighted by Crippen LogP contribution is 2.13. The Bertz CT molecular complexity index is 626. The van der Waals surface area contributed by atoms with Crippen LogP contribution in [0, 0.1) is 0 Å². The molecule has 0 aromatic heterocycles. The fraction of sp³-hybridized carbons (Fsp3) is 0.188. The average Bonchev–Trinajstić information content (AvgIpc) is 2.55. The van der Waals surface area contributed by atoms with Crippen LogP contribution in [0.5, 0.6) is 5.75 Å². The monoisotopic (exact) mass is 299 g/mol. The van der Waals surface area contributed by atoms with E-state index in [0.717, 1.165) is 11.3 Å². The largest absolute Gasteiger partial charge is 0.497 e. The average molecular weight is 299 g/mol. The SMILES string of the molecule is COc1ccc(CN(C)C(=O)c2ccc(B(O)O)cc2)cc1. The molecule has 0 fully saturated rings. The Kier molecular flexibility index (Phi) is 5.19. The minimum Gasteiger partial charge on any atom is -0.497 e. The van der Waals surface area contributed by atoms with Gasteiger partial charge in [0.1, 0.15) is 5.75 Å². The van der Waals surface area contributed by atoms with Gasteiger partial charge >= 0.3 is 7.12 Å². The summed E-state index contributed by atoms with van der Waals surface area (Å²) in [4.78, 5) is 13.9. The Labute approximate surface area is 129 Å². The second-order valence-electron chi connectivity index (χ2n) is 5.00. The standard InChI is InChI=1S/C16H18BNO4/c1-18(11-12-3-9-15(22-2)10-4-12)16(19)13-5-7-14(8-6-13)17(20)21/h3-10,20-21H,11H2,1-2H3. The first-order valence-electron chi connectivity index (χ1n) is 6.85. The predicted octanol–water partition coefficient (Wildman–Crippen LogP) is 0.647. The molecule has 2 aromatic carbocycles. The summed E-state index contributed by atoms with van der Waals surface area (Å²) in [5.41, 5.74) is 1.86. The molecule has 0 saturated carbocycles. The first kappa shape index (κ1) is 16.1. The van der Waals surface area contributed by atoms with Gasteiger partial charge in [0.05, 0.1) is 7.11 Å². The number of hydrogen-bond donors (Lipinski definition) is 2. The zero-order valence-electron chi connectivity index (χ0n) is 12.6. The number of rotatable bonds is 5. The lowest BCUT2D eigenvalue weighted by Crippen LogP contribution is -2.31. The molecule has 0 aliphatic rings. The number of methoxy groups -OCH3 is 1. The third-order valence-electron chi connectivity index (χ3n) is 3.38. The molecule has 0 unspecified atom stereocenters. The van der Waals surface area contributed by atoms with Crippen LogP contribution in [0.25, 0.3) is 0 Å². The van der Waals surface area contributed by atoms with Crippen LogP contribution in [0.2, 0.25) is 0 Å². The Morgan fingerprint density at radius 3 is 2.18 bits per heavy atom. The van der Waals surface area contributed by atoms with Crippen molar-refractivity contribution in [3.05, 3.63) is 59.7 Å². The Morgan fingerprint density at radius 2 is 1.68 bits per heavy atom. The van der Waals surface area contributed by atoms with Gasteiger partial charge in [0.15, 0.2) is 0 Å². The van der Waals surface area contributed by atoms with E-state index in [1.807, 2.05) is 24.3 Å². The lowest BCUT2D eigenvalue weighted by molar-refractivity contribution is 0.0785. The van der Waals surface area contributed by atoms with Crippen molar-refractivity contribution in [1.29, 1.82) is 0 Å². The Hall–Kier alpha value is -2.31. The first-order valence-corrected chi connectivity index (χ1v) is 6.85. The van der Waals surface area contributed by atoms with Crippen LogP contribution in [0.15, 0.2) is 48.5 Å². The van der Waals surface area contributed by atoms with E-state index < -0.39 is 7.12 Å². The van der Waals surface area contributed by atoms with Crippen molar-refractivity contribution in [3.63, 3.8) is 0 Å². The van der Waals surface area contributed by atoms with Crippen LogP contribution >= 0.6 is 0 Å². The molecule has 1 amide bonds. The van der Waals surface area contributed by atoms with Crippen LogP contribution in [-0.4, -0.2) is 42.1 Å². The highest BCUT2D eigenvalue weighted by Gasteiger charge is 2.15. The Morgan fingerprint density at radius 1 is 1.09 bits per heavy atom. The molecule has 0 aliphatic carbocycles. The number of nitrogens with zero attached hydrogens (tertiary/aromatic N) is 1. The summed E-state index contributed by atoms with van der Waals surface area (Å²) in [5.74, 6) is 0.644. The number of amides is 1. The van der Waals surface area contributed by atoms with E-state index in [0.29, 0.717) is 17.6 Å². The predicted molar refractivity (Wildman–Crippen MR) is 85.1 cm³/mol. The number of ether oxygens (including phenoxy) is 1. The minimum atomic E-state index is -1.53. The van der Waals surface area contributed by atoms with Gasteiger partial charge in [0.25, 0.3) is 5.91 Å². The molecule has 2 aromatic rings. The molecule has 0 heterocycles. The fourth-order valence-electron chi connectivity index (χ4n) is 2.09. The molecule has 0 aliphatic heterocycles. The van der Waals surface area contributed by atoms with Gasteiger partial charge < -0.3 is 19.7 Å². The van der Waals surface area contributed by atoms with Crippen LogP contribution in [0.1, 0.15) is 15.9 Å². The smallest absolute Gasteiger partial charge is 0.488 e. The lowest BCUT2D eigenvalue weighted by atomic mass is 9.80. The van der Waals surface area contributed by atoms with Crippen LogP contribution in [0.4, 0.5) is 0 Å². The van der Waals surface area contributed by atoms with Crippen molar-refractivity contribution in [2.75, 3.05) is 14.2 Å². The molecule has 2 rings (SSSR count). The molecule has 22 heavy (non-hydrogen) atoms. The molecule has 6 heteroatoms. The molecular weight excluding hydrogens is 281 g/mol. The number of hydrogen-bond acceptors (Lipinski definition) is 4. The van der Waals surface area contributed by atoms with Gasteiger partial charge in [0, 0.05) is 19.2 Å². The topological polar surface area (TPSA) is 70.0 Å². The van der Waals surface area contributed by atoms with Crippen molar-refractivity contribution in [1.82, 2.24) is 4.90 Å². The van der Waals surface area contributed by atoms with Crippen molar-refractivity contribution in [3.8, 4) is 5.75 Å².